The van der Waals surface area contributed by atoms with Gasteiger partial charge in [-0.05, 0) is 23.1 Å². The van der Waals surface area contributed by atoms with Crippen LogP contribution in [0.4, 0.5) is 5.69 Å². The summed E-state index contributed by atoms with van der Waals surface area (Å²) in [5, 5.41) is 0. The summed E-state index contributed by atoms with van der Waals surface area (Å²) in [6.45, 7) is 6.63. The van der Waals surface area contributed by atoms with Crippen molar-refractivity contribution >= 4 is 5.69 Å². The van der Waals surface area contributed by atoms with Gasteiger partial charge in [0.15, 0.2) is 0 Å². The number of nitrogen functional groups attached to an aromatic ring is 1. The van der Waals surface area contributed by atoms with E-state index < -0.39 is 0 Å². The Labute approximate surface area is 103 Å². The minimum Gasteiger partial charge on any atom is -0.399 e. The standard InChI is InChI=1S/C15H18N2/c1-15(2,3)12-6-4-11(5-7-12)14-10-13(16)8-9-17-14/h4-10H,1-3H3,(H2,16,17). The van der Waals surface area contributed by atoms with Gasteiger partial charge in [-0.3, -0.25) is 4.98 Å². The highest BCUT2D eigenvalue weighted by atomic mass is 14.7. The zero-order valence-corrected chi connectivity index (χ0v) is 10.6. The summed E-state index contributed by atoms with van der Waals surface area (Å²) in [6.07, 6.45) is 1.74. The third-order valence-corrected chi connectivity index (χ3v) is 2.83. The van der Waals surface area contributed by atoms with Gasteiger partial charge in [-0.1, -0.05) is 45.0 Å². The molecule has 0 saturated carbocycles. The van der Waals surface area contributed by atoms with Crippen molar-refractivity contribution in [1.29, 1.82) is 0 Å². The summed E-state index contributed by atoms with van der Waals surface area (Å²) in [5.41, 5.74) is 10.0. The fourth-order valence-corrected chi connectivity index (χ4v) is 1.75. The molecule has 2 nitrogen and oxygen atoms in total. The summed E-state index contributed by atoms with van der Waals surface area (Å²) in [5.74, 6) is 0. The van der Waals surface area contributed by atoms with Gasteiger partial charge in [-0.25, -0.2) is 0 Å². The van der Waals surface area contributed by atoms with E-state index in [0.29, 0.717) is 0 Å². The molecule has 0 unspecified atom stereocenters. The van der Waals surface area contributed by atoms with Crippen LogP contribution >= 0.6 is 0 Å². The average molecular weight is 226 g/mol. The first-order valence-corrected chi connectivity index (χ1v) is 5.79. The van der Waals surface area contributed by atoms with Crippen LogP contribution in [0.3, 0.4) is 0 Å². The summed E-state index contributed by atoms with van der Waals surface area (Å²) in [7, 11) is 0. The molecule has 0 fully saturated rings. The molecule has 0 bridgehead atoms. The van der Waals surface area contributed by atoms with Crippen LogP contribution in [-0.4, -0.2) is 4.98 Å². The van der Waals surface area contributed by atoms with Crippen molar-refractivity contribution in [1.82, 2.24) is 4.98 Å². The normalized spacial score (nSPS) is 11.5. The van der Waals surface area contributed by atoms with Gasteiger partial charge in [0.2, 0.25) is 0 Å². The largest absolute Gasteiger partial charge is 0.399 e. The van der Waals surface area contributed by atoms with Gasteiger partial charge >= 0.3 is 0 Å². The van der Waals surface area contributed by atoms with Crippen molar-refractivity contribution in [3.8, 4) is 11.3 Å². The highest BCUT2D eigenvalue weighted by molar-refractivity contribution is 5.63. The lowest BCUT2D eigenvalue weighted by molar-refractivity contribution is 0.590. The molecule has 0 saturated heterocycles. The number of nitrogens with two attached hydrogens (primary N) is 1. The van der Waals surface area contributed by atoms with Gasteiger partial charge in [0, 0.05) is 17.4 Å². The van der Waals surface area contributed by atoms with Crippen molar-refractivity contribution in [3.05, 3.63) is 48.2 Å². The molecule has 0 spiro atoms. The van der Waals surface area contributed by atoms with Crippen LogP contribution in [0, 0.1) is 0 Å². The number of anilines is 1. The van der Waals surface area contributed by atoms with Crippen molar-refractivity contribution < 1.29 is 0 Å². The quantitative estimate of drug-likeness (QED) is 0.806. The molecule has 1 aromatic carbocycles. The van der Waals surface area contributed by atoms with E-state index >= 15 is 0 Å². The monoisotopic (exact) mass is 226 g/mol. The molecule has 0 radical (unpaired) electrons. The van der Waals surface area contributed by atoms with E-state index in [1.807, 2.05) is 6.07 Å². The highest BCUT2D eigenvalue weighted by Gasteiger charge is 2.13. The molecular formula is C15H18N2. The second-order valence-electron chi connectivity index (χ2n) is 5.30. The molecule has 0 atom stereocenters. The lowest BCUT2D eigenvalue weighted by Crippen LogP contribution is -2.10. The molecular weight excluding hydrogens is 208 g/mol. The molecule has 2 N–H and O–H groups in total. The zero-order chi connectivity index (χ0) is 12.5. The third kappa shape index (κ3) is 2.64. The van der Waals surface area contributed by atoms with Crippen molar-refractivity contribution in [2.75, 3.05) is 5.73 Å². The van der Waals surface area contributed by atoms with E-state index in [2.05, 4.69) is 50.0 Å². The Kier molecular flexibility index (Phi) is 2.88. The van der Waals surface area contributed by atoms with Gasteiger partial charge in [0.1, 0.15) is 0 Å². The van der Waals surface area contributed by atoms with Gasteiger partial charge < -0.3 is 5.73 Å². The Balaban J connectivity index is 2.36. The Morgan fingerprint density at radius 3 is 2.18 bits per heavy atom. The second-order valence-corrected chi connectivity index (χ2v) is 5.30. The van der Waals surface area contributed by atoms with Crippen molar-refractivity contribution in [3.63, 3.8) is 0 Å². The van der Waals surface area contributed by atoms with Gasteiger partial charge in [-0.15, -0.1) is 0 Å². The van der Waals surface area contributed by atoms with Gasteiger partial charge in [0.05, 0.1) is 5.69 Å². The van der Waals surface area contributed by atoms with Crippen LogP contribution in [0.15, 0.2) is 42.6 Å². The number of rotatable bonds is 1. The second kappa shape index (κ2) is 4.21. The van der Waals surface area contributed by atoms with Crippen LogP contribution in [0.1, 0.15) is 26.3 Å². The zero-order valence-electron chi connectivity index (χ0n) is 10.6. The van der Waals surface area contributed by atoms with E-state index in [-0.39, 0.29) is 5.41 Å². The van der Waals surface area contributed by atoms with Crippen LogP contribution in [-0.2, 0) is 5.41 Å². The Morgan fingerprint density at radius 2 is 1.65 bits per heavy atom. The van der Waals surface area contributed by atoms with E-state index in [4.69, 9.17) is 5.73 Å². The summed E-state index contributed by atoms with van der Waals surface area (Å²) in [4.78, 5) is 4.32. The Hall–Kier alpha value is -1.83. The highest BCUT2D eigenvalue weighted by Crippen LogP contribution is 2.25. The molecule has 0 aliphatic heterocycles. The van der Waals surface area contributed by atoms with Gasteiger partial charge in [0.25, 0.3) is 0 Å². The SMILES string of the molecule is CC(C)(C)c1ccc(-c2cc(N)ccn2)cc1. The maximum Gasteiger partial charge on any atom is 0.0722 e. The predicted molar refractivity (Wildman–Crippen MR) is 72.8 cm³/mol. The van der Waals surface area contributed by atoms with E-state index in [0.717, 1.165) is 16.9 Å². The minimum absolute atomic E-state index is 0.182. The number of hydrogen-bond donors (Lipinski definition) is 1. The summed E-state index contributed by atoms with van der Waals surface area (Å²) >= 11 is 0. The molecule has 0 amide bonds. The summed E-state index contributed by atoms with van der Waals surface area (Å²) < 4.78 is 0. The minimum atomic E-state index is 0.182. The number of aromatic nitrogens is 1. The lowest BCUT2D eigenvalue weighted by Gasteiger charge is -2.19. The average Bonchev–Trinajstić information content (AvgIpc) is 2.28. The first kappa shape index (κ1) is 11.6. The summed E-state index contributed by atoms with van der Waals surface area (Å²) in [6, 6.07) is 12.2. The van der Waals surface area contributed by atoms with Crippen LogP contribution in [0.2, 0.25) is 0 Å². The van der Waals surface area contributed by atoms with E-state index in [9.17, 15) is 0 Å². The molecule has 88 valence electrons. The lowest BCUT2D eigenvalue weighted by atomic mass is 9.86. The van der Waals surface area contributed by atoms with Crippen LogP contribution in [0.25, 0.3) is 11.3 Å². The Morgan fingerprint density at radius 1 is 1.00 bits per heavy atom. The molecule has 17 heavy (non-hydrogen) atoms. The first-order valence-electron chi connectivity index (χ1n) is 5.79. The number of pyridine rings is 1. The molecule has 2 heteroatoms. The molecule has 1 aromatic heterocycles. The maximum absolute atomic E-state index is 5.76. The van der Waals surface area contributed by atoms with E-state index in [1.165, 1.54) is 5.56 Å². The predicted octanol–water partition coefficient (Wildman–Crippen LogP) is 3.63. The smallest absolute Gasteiger partial charge is 0.0722 e. The maximum atomic E-state index is 5.76. The Bertz CT molecular complexity index is 507. The molecule has 2 aromatic rings. The van der Waals surface area contributed by atoms with Crippen molar-refractivity contribution in [2.45, 2.75) is 26.2 Å². The number of benzene rings is 1. The number of nitrogens with zero attached hydrogens (tertiary/aromatic N) is 1. The fourth-order valence-electron chi connectivity index (χ4n) is 1.75. The molecule has 0 aliphatic rings. The number of hydrogen-bond acceptors (Lipinski definition) is 2. The fraction of sp³-hybridized carbons (Fsp3) is 0.267. The molecule has 1 heterocycles. The topological polar surface area (TPSA) is 38.9 Å². The molecule has 2 rings (SSSR count). The van der Waals surface area contributed by atoms with Crippen LogP contribution in [0.5, 0.6) is 0 Å². The van der Waals surface area contributed by atoms with E-state index in [1.54, 1.807) is 12.3 Å². The first-order chi connectivity index (χ1) is 7.97. The third-order valence-electron chi connectivity index (χ3n) is 2.83. The van der Waals surface area contributed by atoms with Gasteiger partial charge in [-0.2, -0.15) is 0 Å². The van der Waals surface area contributed by atoms with Crippen molar-refractivity contribution in [2.24, 2.45) is 0 Å². The van der Waals surface area contributed by atoms with Crippen LogP contribution < -0.4 is 5.73 Å². The molecule has 0 aliphatic carbocycles.